The van der Waals surface area contributed by atoms with Crippen molar-refractivity contribution in [2.45, 2.75) is 32.1 Å². The molecule has 0 unspecified atom stereocenters. The van der Waals surface area contributed by atoms with E-state index in [9.17, 15) is 19.5 Å². The lowest BCUT2D eigenvalue weighted by atomic mass is 9.82. The number of likely N-dealkylation sites (tertiary alicyclic amines) is 1. The third kappa shape index (κ3) is 3.92. The van der Waals surface area contributed by atoms with Gasteiger partial charge in [0.05, 0.1) is 11.5 Å². The summed E-state index contributed by atoms with van der Waals surface area (Å²) in [6.07, 6.45) is 7.38. The second-order valence-corrected chi connectivity index (χ2v) is 7.40. The molecule has 1 aromatic rings. The molecule has 1 fully saturated rings. The maximum absolute atomic E-state index is 12.7. The lowest BCUT2D eigenvalue weighted by molar-refractivity contribution is -0.313. The van der Waals surface area contributed by atoms with Crippen LogP contribution in [0.3, 0.4) is 0 Å². The fourth-order valence-electron chi connectivity index (χ4n) is 3.41. The highest BCUT2D eigenvalue weighted by atomic mass is 32.1. The van der Waals surface area contributed by atoms with E-state index in [1.807, 2.05) is 11.0 Å². The van der Waals surface area contributed by atoms with Gasteiger partial charge in [-0.2, -0.15) is 0 Å². The van der Waals surface area contributed by atoms with Gasteiger partial charge in [-0.05, 0) is 43.6 Å². The number of thiophene rings is 1. The third-order valence-corrected chi connectivity index (χ3v) is 5.68. The molecule has 134 valence electrons. The molecule has 1 N–H and O–H groups in total. The molecule has 1 saturated heterocycles. The van der Waals surface area contributed by atoms with E-state index in [0.29, 0.717) is 23.4 Å². The number of carboxylic acids is 1. The number of hydrogen-bond acceptors (Lipinski definition) is 5. The van der Waals surface area contributed by atoms with Crippen molar-refractivity contribution >= 4 is 34.1 Å². The summed E-state index contributed by atoms with van der Waals surface area (Å²) < 4.78 is 0. The maximum atomic E-state index is 12.7. The van der Waals surface area contributed by atoms with Crippen LogP contribution in [0.1, 0.15) is 42.5 Å². The molecule has 2 heterocycles. The van der Waals surface area contributed by atoms with Crippen LogP contribution < -0.4 is 10.4 Å². The summed E-state index contributed by atoms with van der Waals surface area (Å²) >= 11 is 1.28. The number of amides is 2. The predicted molar refractivity (Wildman–Crippen MR) is 93.1 cm³/mol. The van der Waals surface area contributed by atoms with E-state index in [-0.39, 0.29) is 11.8 Å². The molecule has 0 aromatic carbocycles. The normalized spacial score (nSPS) is 23.3. The highest BCUT2D eigenvalue weighted by Crippen LogP contribution is 2.30. The van der Waals surface area contributed by atoms with Gasteiger partial charge in [-0.1, -0.05) is 12.2 Å². The predicted octanol–water partition coefficient (Wildman–Crippen LogP) is 1.64. The minimum atomic E-state index is -1.21. The molecule has 0 radical (unpaired) electrons. The molecule has 0 spiro atoms. The largest absolute Gasteiger partial charge is 0.550 e. The first-order chi connectivity index (χ1) is 12.1. The number of allylic oxidation sites excluding steroid dienone is 2. The maximum Gasteiger partial charge on any atom is 0.256 e. The van der Waals surface area contributed by atoms with E-state index >= 15 is 0 Å². The standard InChI is InChI=1S/C18H22N2O4S/c21-15(12-6-2-3-7-13(12)18(23)24)19-16-14(8-11-25-16)17(22)20-9-4-1-5-10-20/h2-3,8,11-13H,1,4-7,9-10H2,(H,19,21)(H,23,24)/p-1/t12-,13-/m0/s1. The summed E-state index contributed by atoms with van der Waals surface area (Å²) in [5, 5.41) is 16.3. The number of hydrogen-bond donors (Lipinski definition) is 1. The smallest absolute Gasteiger partial charge is 0.256 e. The van der Waals surface area contributed by atoms with Crippen LogP contribution in [0.4, 0.5) is 5.00 Å². The molecule has 6 nitrogen and oxygen atoms in total. The number of piperidine rings is 1. The Hall–Kier alpha value is -2.15. The van der Waals surface area contributed by atoms with Gasteiger partial charge in [-0.3, -0.25) is 9.59 Å². The van der Waals surface area contributed by atoms with Crippen LogP contribution in [0.2, 0.25) is 0 Å². The number of anilines is 1. The van der Waals surface area contributed by atoms with Crippen LogP contribution in [0.15, 0.2) is 23.6 Å². The van der Waals surface area contributed by atoms with Crippen LogP contribution in [0.5, 0.6) is 0 Å². The van der Waals surface area contributed by atoms with E-state index in [0.717, 1.165) is 32.4 Å². The van der Waals surface area contributed by atoms with Crippen molar-refractivity contribution in [3.8, 4) is 0 Å². The number of nitrogens with zero attached hydrogens (tertiary/aromatic N) is 1. The van der Waals surface area contributed by atoms with Crippen molar-refractivity contribution in [3.05, 3.63) is 29.2 Å². The van der Waals surface area contributed by atoms with E-state index in [1.165, 1.54) is 11.3 Å². The molecular weight excluding hydrogens is 340 g/mol. The molecule has 1 aromatic heterocycles. The van der Waals surface area contributed by atoms with Gasteiger partial charge in [0.1, 0.15) is 5.00 Å². The Kier molecular flexibility index (Phi) is 5.53. The Morgan fingerprint density at radius 1 is 1.08 bits per heavy atom. The van der Waals surface area contributed by atoms with Gasteiger partial charge in [-0.15, -0.1) is 11.3 Å². The molecule has 25 heavy (non-hydrogen) atoms. The highest BCUT2D eigenvalue weighted by Gasteiger charge is 2.31. The summed E-state index contributed by atoms with van der Waals surface area (Å²) in [5.41, 5.74) is 0.483. The Bertz CT molecular complexity index is 691. The second-order valence-electron chi connectivity index (χ2n) is 6.48. The average molecular weight is 361 g/mol. The Morgan fingerprint density at radius 3 is 2.44 bits per heavy atom. The van der Waals surface area contributed by atoms with Gasteiger partial charge in [0.25, 0.3) is 5.91 Å². The van der Waals surface area contributed by atoms with E-state index < -0.39 is 17.8 Å². The first-order valence-corrected chi connectivity index (χ1v) is 9.49. The molecule has 0 bridgehead atoms. The third-order valence-electron chi connectivity index (χ3n) is 4.85. The molecule has 1 aliphatic carbocycles. The average Bonchev–Trinajstić information content (AvgIpc) is 3.09. The molecule has 2 aliphatic rings. The number of carboxylic acid groups (broad SMARTS) is 1. The number of rotatable bonds is 4. The van der Waals surface area contributed by atoms with Gasteiger partial charge in [-0.25, -0.2) is 0 Å². The summed E-state index contributed by atoms with van der Waals surface area (Å²) in [5.74, 6) is -3.15. The fourth-order valence-corrected chi connectivity index (χ4v) is 4.19. The number of nitrogens with one attached hydrogen (secondary N) is 1. The summed E-state index contributed by atoms with van der Waals surface area (Å²) in [6, 6.07) is 1.72. The molecule has 2 atom stereocenters. The molecule has 0 saturated carbocycles. The topological polar surface area (TPSA) is 89.5 Å². The van der Waals surface area contributed by atoms with Crippen LogP contribution in [-0.4, -0.2) is 35.8 Å². The molecular formula is C18H21N2O4S-. The zero-order valence-electron chi connectivity index (χ0n) is 13.9. The highest BCUT2D eigenvalue weighted by molar-refractivity contribution is 7.14. The van der Waals surface area contributed by atoms with Gasteiger partial charge in [0, 0.05) is 25.0 Å². The Balaban J connectivity index is 1.72. The van der Waals surface area contributed by atoms with Crippen molar-refractivity contribution in [2.75, 3.05) is 18.4 Å². The Morgan fingerprint density at radius 2 is 1.76 bits per heavy atom. The van der Waals surface area contributed by atoms with E-state index in [2.05, 4.69) is 5.32 Å². The van der Waals surface area contributed by atoms with Crippen molar-refractivity contribution in [1.29, 1.82) is 0 Å². The molecule has 2 amide bonds. The van der Waals surface area contributed by atoms with Gasteiger partial charge < -0.3 is 20.1 Å². The number of carbonyl (C=O) groups excluding carboxylic acids is 3. The van der Waals surface area contributed by atoms with Gasteiger partial charge in [0.15, 0.2) is 0 Å². The summed E-state index contributed by atoms with van der Waals surface area (Å²) in [4.78, 5) is 38.3. The number of carbonyl (C=O) groups is 3. The SMILES string of the molecule is O=C([O-])[C@H]1CC=CC[C@@H]1C(=O)Nc1sccc1C(=O)N1CCCCC1. The van der Waals surface area contributed by atoms with Crippen LogP contribution >= 0.6 is 11.3 Å². The first kappa shape index (κ1) is 17.7. The molecule has 1 aliphatic heterocycles. The van der Waals surface area contributed by atoms with Crippen LogP contribution in [0.25, 0.3) is 0 Å². The van der Waals surface area contributed by atoms with Crippen molar-refractivity contribution in [3.63, 3.8) is 0 Å². The zero-order valence-corrected chi connectivity index (χ0v) is 14.7. The second kappa shape index (κ2) is 7.82. The van der Waals surface area contributed by atoms with Gasteiger partial charge in [0.2, 0.25) is 5.91 Å². The quantitative estimate of drug-likeness (QED) is 0.826. The van der Waals surface area contributed by atoms with Gasteiger partial charge >= 0.3 is 0 Å². The summed E-state index contributed by atoms with van der Waals surface area (Å²) in [7, 11) is 0. The molecule has 7 heteroatoms. The fraction of sp³-hybridized carbons (Fsp3) is 0.500. The van der Waals surface area contributed by atoms with Crippen LogP contribution in [0, 0.1) is 11.8 Å². The first-order valence-electron chi connectivity index (χ1n) is 8.61. The van der Waals surface area contributed by atoms with Crippen LogP contribution in [-0.2, 0) is 9.59 Å². The van der Waals surface area contributed by atoms with Crippen molar-refractivity contribution in [1.82, 2.24) is 4.90 Å². The molecule has 3 rings (SSSR count). The van der Waals surface area contributed by atoms with Crippen molar-refractivity contribution < 1.29 is 19.5 Å². The minimum Gasteiger partial charge on any atom is -0.550 e. The number of aliphatic carboxylic acids is 1. The zero-order chi connectivity index (χ0) is 17.8. The minimum absolute atomic E-state index is 0.0729. The lowest BCUT2D eigenvalue weighted by Crippen LogP contribution is -2.41. The Labute approximate surface area is 150 Å². The summed E-state index contributed by atoms with van der Waals surface area (Å²) in [6.45, 7) is 1.48. The van der Waals surface area contributed by atoms with E-state index in [4.69, 9.17) is 0 Å². The van der Waals surface area contributed by atoms with E-state index in [1.54, 1.807) is 17.5 Å². The lowest BCUT2D eigenvalue weighted by Gasteiger charge is -2.29. The van der Waals surface area contributed by atoms with Crippen molar-refractivity contribution in [2.24, 2.45) is 11.8 Å². The monoisotopic (exact) mass is 361 g/mol.